The highest BCUT2D eigenvalue weighted by Gasteiger charge is 2.33. The molecule has 1 N–H and O–H groups in total. The highest BCUT2D eigenvalue weighted by atomic mass is 35.5. The number of methoxy groups -OCH3 is 1. The number of rotatable bonds is 11. The van der Waals surface area contributed by atoms with E-state index >= 15 is 0 Å². The lowest BCUT2D eigenvalue weighted by Crippen LogP contribution is -2.42. The van der Waals surface area contributed by atoms with Gasteiger partial charge in [0.25, 0.3) is 0 Å². The van der Waals surface area contributed by atoms with E-state index in [9.17, 15) is 13.2 Å². The number of carbonyl (C=O) groups excluding carboxylic acids is 1. The first-order valence-corrected chi connectivity index (χ1v) is 17.2. The van der Waals surface area contributed by atoms with Crippen LogP contribution in [0.4, 0.5) is 0 Å². The minimum absolute atomic E-state index is 0.00191. The van der Waals surface area contributed by atoms with Gasteiger partial charge in [-0.1, -0.05) is 23.7 Å². The lowest BCUT2D eigenvalue weighted by atomic mass is 9.76. The molecule has 2 aromatic rings. The Labute approximate surface area is 263 Å². The van der Waals surface area contributed by atoms with Crippen LogP contribution in [0.15, 0.2) is 35.2 Å². The summed E-state index contributed by atoms with van der Waals surface area (Å²) >= 11 is 6.11. The van der Waals surface area contributed by atoms with Gasteiger partial charge in [0, 0.05) is 30.7 Å². The Bertz CT molecular complexity index is 1350. The maximum Gasteiger partial charge on any atom is 0.246 e. The first kappa shape index (κ1) is 33.7. The third-order valence-corrected chi connectivity index (χ3v) is 11.8. The molecule has 1 saturated carbocycles. The number of nitrogens with one attached hydrogen (secondary N) is 1. The number of halogens is 1. The largest absolute Gasteiger partial charge is 0.496 e. The third kappa shape index (κ3) is 8.11. The van der Waals surface area contributed by atoms with Crippen molar-refractivity contribution in [2.75, 3.05) is 47.4 Å². The van der Waals surface area contributed by atoms with Crippen molar-refractivity contribution in [2.24, 2.45) is 11.8 Å². The number of nitrogens with zero attached hydrogens (tertiary/aromatic N) is 2. The number of carbonyl (C=O) groups is 1. The molecule has 8 nitrogen and oxygen atoms in total. The quantitative estimate of drug-likeness (QED) is 0.343. The van der Waals surface area contributed by atoms with E-state index in [1.54, 1.807) is 13.2 Å². The molecule has 238 valence electrons. The molecule has 0 spiro atoms. The fourth-order valence-electron chi connectivity index (χ4n) is 6.86. The van der Waals surface area contributed by atoms with E-state index in [-0.39, 0.29) is 18.6 Å². The molecule has 43 heavy (non-hydrogen) atoms. The number of hydrogen-bond donors (Lipinski definition) is 1. The molecule has 2 fully saturated rings. The molecule has 1 saturated heterocycles. The van der Waals surface area contributed by atoms with Crippen molar-refractivity contribution in [3.63, 3.8) is 0 Å². The maximum absolute atomic E-state index is 13.5. The molecule has 2 aliphatic rings. The predicted octanol–water partition coefficient (Wildman–Crippen LogP) is 5.67. The van der Waals surface area contributed by atoms with E-state index in [1.807, 2.05) is 32.9 Å². The zero-order chi connectivity index (χ0) is 31.3. The van der Waals surface area contributed by atoms with Crippen molar-refractivity contribution >= 4 is 27.5 Å². The molecule has 10 heteroatoms. The average Bonchev–Trinajstić information content (AvgIpc) is 2.98. The minimum atomic E-state index is -3.64. The van der Waals surface area contributed by atoms with Gasteiger partial charge in [-0.3, -0.25) is 4.79 Å². The van der Waals surface area contributed by atoms with Gasteiger partial charge < -0.3 is 19.7 Å². The Morgan fingerprint density at radius 1 is 1.02 bits per heavy atom. The molecule has 0 aromatic heterocycles. The number of amides is 1. The first-order chi connectivity index (χ1) is 20.4. The molecule has 1 aliphatic heterocycles. The van der Waals surface area contributed by atoms with Crippen molar-refractivity contribution in [1.29, 1.82) is 0 Å². The standard InChI is InChI=1S/C33H48ClN3O5S/c1-22-19-30(41-6)23(2)24(3)33(22)43(39,40)37-17-15-29(16-18-37)42-21-31(38)35-20-25-7-9-26(10-8-25)32(36(4)5)27-11-13-28(34)14-12-27/h11-14,19,25-26,29,32H,7-10,15-18,20-21H2,1-6H3,(H,35,38). The molecule has 1 amide bonds. The average molecular weight is 634 g/mol. The first-order valence-electron chi connectivity index (χ1n) is 15.4. The van der Waals surface area contributed by atoms with Gasteiger partial charge >= 0.3 is 0 Å². The van der Waals surface area contributed by atoms with Crippen LogP contribution >= 0.6 is 11.6 Å². The lowest BCUT2D eigenvalue weighted by molar-refractivity contribution is -0.128. The van der Waals surface area contributed by atoms with Crippen LogP contribution in [-0.2, 0) is 19.6 Å². The van der Waals surface area contributed by atoms with Crippen molar-refractivity contribution in [2.45, 2.75) is 76.3 Å². The Balaban J connectivity index is 1.19. The number of sulfonamides is 1. The molecule has 0 bridgehead atoms. The van der Waals surface area contributed by atoms with E-state index in [1.165, 1.54) is 9.87 Å². The van der Waals surface area contributed by atoms with Crippen LogP contribution in [0.25, 0.3) is 0 Å². The molecule has 1 heterocycles. The number of piperidine rings is 1. The Morgan fingerprint density at radius 2 is 1.65 bits per heavy atom. The van der Waals surface area contributed by atoms with Crippen LogP contribution in [0.3, 0.4) is 0 Å². The van der Waals surface area contributed by atoms with Gasteiger partial charge in [-0.25, -0.2) is 8.42 Å². The summed E-state index contributed by atoms with van der Waals surface area (Å²) < 4.78 is 39.9. The summed E-state index contributed by atoms with van der Waals surface area (Å²) in [6.45, 7) is 6.93. The molecule has 2 aromatic carbocycles. The number of benzene rings is 2. The molecular formula is C33H48ClN3O5S. The normalized spacial score (nSPS) is 21.1. The number of ether oxygens (including phenoxy) is 2. The van der Waals surface area contributed by atoms with E-state index in [0.717, 1.165) is 41.8 Å². The highest BCUT2D eigenvalue weighted by molar-refractivity contribution is 7.89. The van der Waals surface area contributed by atoms with Gasteiger partial charge in [0.15, 0.2) is 0 Å². The zero-order valence-corrected chi connectivity index (χ0v) is 28.1. The summed E-state index contributed by atoms with van der Waals surface area (Å²) in [4.78, 5) is 15.3. The Kier molecular flexibility index (Phi) is 11.6. The Morgan fingerprint density at radius 3 is 2.23 bits per heavy atom. The van der Waals surface area contributed by atoms with Crippen LogP contribution in [0, 0.1) is 32.6 Å². The van der Waals surface area contributed by atoms with E-state index in [2.05, 4.69) is 36.4 Å². The summed E-state index contributed by atoms with van der Waals surface area (Å²) in [5, 5.41) is 3.83. The van der Waals surface area contributed by atoms with Crippen molar-refractivity contribution in [3.8, 4) is 5.75 Å². The van der Waals surface area contributed by atoms with Crippen LogP contribution in [0.5, 0.6) is 5.75 Å². The van der Waals surface area contributed by atoms with Crippen LogP contribution in [0.1, 0.15) is 66.8 Å². The third-order valence-electron chi connectivity index (χ3n) is 9.34. The molecule has 1 atom stereocenters. The van der Waals surface area contributed by atoms with Gasteiger partial charge in [-0.15, -0.1) is 0 Å². The van der Waals surface area contributed by atoms with Crippen molar-refractivity contribution in [1.82, 2.24) is 14.5 Å². The molecule has 1 aliphatic carbocycles. The fourth-order valence-corrected chi connectivity index (χ4v) is 8.94. The topological polar surface area (TPSA) is 88.2 Å². The molecular weight excluding hydrogens is 586 g/mol. The van der Waals surface area contributed by atoms with Crippen LogP contribution in [-0.4, -0.2) is 77.1 Å². The SMILES string of the molecule is COc1cc(C)c(S(=O)(=O)N2CCC(OCC(=O)NCC3CCC(C(c4ccc(Cl)cc4)N(C)C)CC3)CC2)c(C)c1C. The maximum atomic E-state index is 13.5. The fraction of sp³-hybridized carbons (Fsp3) is 0.606. The Hall–Kier alpha value is -2.17. The lowest BCUT2D eigenvalue weighted by Gasteiger charge is -2.37. The van der Waals surface area contributed by atoms with Gasteiger partial charge in [-0.2, -0.15) is 4.31 Å². The van der Waals surface area contributed by atoms with Gasteiger partial charge in [-0.05, 0) is 126 Å². The highest BCUT2D eigenvalue weighted by Crippen LogP contribution is 2.39. The number of hydrogen-bond acceptors (Lipinski definition) is 6. The second kappa shape index (κ2) is 14.7. The van der Waals surface area contributed by atoms with Crippen LogP contribution < -0.4 is 10.1 Å². The summed E-state index contributed by atoms with van der Waals surface area (Å²) in [5.41, 5.74) is 3.54. The summed E-state index contributed by atoms with van der Waals surface area (Å²) in [6.07, 6.45) is 5.41. The molecule has 4 rings (SSSR count). The smallest absolute Gasteiger partial charge is 0.246 e. The van der Waals surface area contributed by atoms with Crippen LogP contribution in [0.2, 0.25) is 5.02 Å². The summed E-state index contributed by atoms with van der Waals surface area (Å²) in [5.74, 6) is 1.63. The zero-order valence-electron chi connectivity index (χ0n) is 26.5. The van der Waals surface area contributed by atoms with Gasteiger partial charge in [0.05, 0.1) is 18.1 Å². The van der Waals surface area contributed by atoms with Crippen molar-refractivity contribution < 1.29 is 22.7 Å². The number of aryl methyl sites for hydroxylation is 1. The van der Waals surface area contributed by atoms with E-state index in [0.29, 0.717) is 66.6 Å². The van der Waals surface area contributed by atoms with Gasteiger partial charge in [0.1, 0.15) is 12.4 Å². The molecule has 1 unspecified atom stereocenters. The van der Waals surface area contributed by atoms with E-state index in [4.69, 9.17) is 21.1 Å². The minimum Gasteiger partial charge on any atom is -0.496 e. The summed E-state index contributed by atoms with van der Waals surface area (Å²) in [7, 11) is 2.22. The second-order valence-electron chi connectivity index (χ2n) is 12.4. The predicted molar refractivity (Wildman–Crippen MR) is 171 cm³/mol. The summed E-state index contributed by atoms with van der Waals surface area (Å²) in [6, 6.07) is 10.3. The monoisotopic (exact) mass is 633 g/mol. The second-order valence-corrected chi connectivity index (χ2v) is 14.7. The van der Waals surface area contributed by atoms with Crippen molar-refractivity contribution in [3.05, 3.63) is 57.6 Å². The van der Waals surface area contributed by atoms with E-state index < -0.39 is 10.0 Å². The molecule has 0 radical (unpaired) electrons. The van der Waals surface area contributed by atoms with Gasteiger partial charge in [0.2, 0.25) is 15.9 Å².